The number of halogens is 1. The van der Waals surface area contributed by atoms with Gasteiger partial charge in [-0.25, -0.2) is 9.59 Å². The SMILES string of the molecule is Cc1cc2oc(=O)cc(COC(=O)C3CCCN3C(=O)c3ccco3)c2cc1Cl. The molecule has 1 atom stereocenters. The van der Waals surface area contributed by atoms with Crippen LogP contribution in [0.5, 0.6) is 0 Å². The highest BCUT2D eigenvalue weighted by molar-refractivity contribution is 6.32. The predicted molar refractivity (Wildman–Crippen MR) is 105 cm³/mol. The Hall–Kier alpha value is -3.06. The van der Waals surface area contributed by atoms with Crippen molar-refractivity contribution < 1.29 is 23.2 Å². The first-order chi connectivity index (χ1) is 13.9. The summed E-state index contributed by atoms with van der Waals surface area (Å²) in [5, 5.41) is 1.12. The van der Waals surface area contributed by atoms with Gasteiger partial charge in [0.25, 0.3) is 5.91 Å². The number of furan rings is 1. The molecule has 150 valence electrons. The Balaban J connectivity index is 1.53. The molecule has 0 bridgehead atoms. The quantitative estimate of drug-likeness (QED) is 0.476. The van der Waals surface area contributed by atoms with Gasteiger partial charge < -0.3 is 18.5 Å². The third-order valence-electron chi connectivity index (χ3n) is 5.00. The van der Waals surface area contributed by atoms with Crippen molar-refractivity contribution in [2.75, 3.05) is 6.54 Å². The topological polar surface area (TPSA) is 90.0 Å². The van der Waals surface area contributed by atoms with Crippen LogP contribution in [-0.4, -0.2) is 29.4 Å². The number of rotatable bonds is 4. The Labute approximate surface area is 170 Å². The van der Waals surface area contributed by atoms with Gasteiger partial charge in [-0.2, -0.15) is 0 Å². The molecule has 1 amide bonds. The number of hydrogen-bond acceptors (Lipinski definition) is 6. The first kappa shape index (κ1) is 19.3. The van der Waals surface area contributed by atoms with E-state index in [0.29, 0.717) is 40.9 Å². The van der Waals surface area contributed by atoms with E-state index in [4.69, 9.17) is 25.2 Å². The van der Waals surface area contributed by atoms with Crippen molar-refractivity contribution in [3.05, 3.63) is 68.9 Å². The Morgan fingerprint density at radius 1 is 1.31 bits per heavy atom. The largest absolute Gasteiger partial charge is 0.459 e. The van der Waals surface area contributed by atoms with Gasteiger partial charge in [-0.05, 0) is 49.6 Å². The van der Waals surface area contributed by atoms with E-state index in [1.807, 2.05) is 0 Å². The molecule has 8 heteroatoms. The molecule has 1 unspecified atom stereocenters. The van der Waals surface area contributed by atoms with E-state index in [1.165, 1.54) is 17.2 Å². The summed E-state index contributed by atoms with van der Waals surface area (Å²) in [6, 6.07) is 7.12. The Morgan fingerprint density at radius 3 is 2.90 bits per heavy atom. The van der Waals surface area contributed by atoms with Crippen LogP contribution in [0.3, 0.4) is 0 Å². The standard InChI is InChI=1S/C21H18ClNO6/c1-12-8-18-14(10-15(12)22)13(9-19(24)29-18)11-28-21(26)16-4-2-6-23(16)20(25)17-5-3-7-27-17/h3,5,7-10,16H,2,4,6,11H2,1H3. The Kier molecular flexibility index (Phi) is 5.15. The van der Waals surface area contributed by atoms with E-state index in [1.54, 1.807) is 31.2 Å². The summed E-state index contributed by atoms with van der Waals surface area (Å²) in [5.74, 6) is -0.689. The molecule has 0 saturated carbocycles. The van der Waals surface area contributed by atoms with Crippen molar-refractivity contribution >= 4 is 34.4 Å². The molecule has 1 saturated heterocycles. The van der Waals surface area contributed by atoms with E-state index >= 15 is 0 Å². The fourth-order valence-electron chi connectivity index (χ4n) is 3.51. The van der Waals surface area contributed by atoms with Gasteiger partial charge in [-0.3, -0.25) is 4.79 Å². The molecule has 1 fully saturated rings. The molecule has 1 aliphatic heterocycles. The summed E-state index contributed by atoms with van der Waals surface area (Å²) < 4.78 is 15.8. The van der Waals surface area contributed by atoms with Gasteiger partial charge in [0.1, 0.15) is 18.2 Å². The van der Waals surface area contributed by atoms with Gasteiger partial charge in [0.15, 0.2) is 5.76 Å². The van der Waals surface area contributed by atoms with Crippen LogP contribution in [0.2, 0.25) is 5.02 Å². The van der Waals surface area contributed by atoms with Crippen molar-refractivity contribution in [1.29, 1.82) is 0 Å². The summed E-state index contributed by atoms with van der Waals surface area (Å²) in [6.45, 7) is 2.13. The number of likely N-dealkylation sites (tertiary alicyclic amines) is 1. The number of esters is 1. The van der Waals surface area contributed by atoms with E-state index in [9.17, 15) is 14.4 Å². The van der Waals surface area contributed by atoms with Crippen LogP contribution in [0, 0.1) is 6.92 Å². The Morgan fingerprint density at radius 2 is 2.14 bits per heavy atom. The maximum absolute atomic E-state index is 12.7. The number of carbonyl (C=O) groups is 2. The molecule has 3 heterocycles. The molecule has 0 aliphatic carbocycles. The summed E-state index contributed by atoms with van der Waals surface area (Å²) >= 11 is 6.19. The molecular weight excluding hydrogens is 398 g/mol. The first-order valence-corrected chi connectivity index (χ1v) is 9.56. The predicted octanol–water partition coefficient (Wildman–Crippen LogP) is 3.70. The van der Waals surface area contributed by atoms with Gasteiger partial charge in [-0.1, -0.05) is 11.6 Å². The molecule has 1 aliphatic rings. The van der Waals surface area contributed by atoms with Gasteiger partial charge >= 0.3 is 11.6 Å². The molecule has 7 nitrogen and oxygen atoms in total. The minimum Gasteiger partial charge on any atom is -0.459 e. The van der Waals surface area contributed by atoms with Crippen LogP contribution in [0.1, 0.15) is 34.5 Å². The smallest absolute Gasteiger partial charge is 0.336 e. The molecule has 4 rings (SSSR count). The van der Waals surface area contributed by atoms with Crippen LogP contribution < -0.4 is 5.63 Å². The molecule has 0 spiro atoms. The number of aryl methyl sites for hydroxylation is 1. The lowest BCUT2D eigenvalue weighted by Gasteiger charge is -2.22. The number of hydrogen-bond donors (Lipinski definition) is 0. The maximum Gasteiger partial charge on any atom is 0.336 e. The highest BCUT2D eigenvalue weighted by Crippen LogP contribution is 2.26. The van der Waals surface area contributed by atoms with Crippen molar-refractivity contribution in [1.82, 2.24) is 4.90 Å². The highest BCUT2D eigenvalue weighted by Gasteiger charge is 2.36. The normalized spacial score (nSPS) is 16.3. The first-order valence-electron chi connectivity index (χ1n) is 9.18. The molecule has 0 N–H and O–H groups in total. The number of fused-ring (bicyclic) bond motifs is 1. The van der Waals surface area contributed by atoms with E-state index < -0.39 is 17.6 Å². The van der Waals surface area contributed by atoms with Crippen LogP contribution in [0.4, 0.5) is 0 Å². The average Bonchev–Trinajstić information content (AvgIpc) is 3.38. The highest BCUT2D eigenvalue weighted by atomic mass is 35.5. The van der Waals surface area contributed by atoms with Crippen LogP contribution in [0.15, 0.2) is 50.2 Å². The number of carbonyl (C=O) groups excluding carboxylic acids is 2. The maximum atomic E-state index is 12.7. The van der Waals surface area contributed by atoms with Gasteiger partial charge in [0.05, 0.1) is 6.26 Å². The number of nitrogens with zero attached hydrogens (tertiary/aromatic N) is 1. The van der Waals surface area contributed by atoms with E-state index in [-0.39, 0.29) is 18.3 Å². The van der Waals surface area contributed by atoms with Crippen LogP contribution in [0.25, 0.3) is 11.0 Å². The van der Waals surface area contributed by atoms with Crippen molar-refractivity contribution in [2.45, 2.75) is 32.4 Å². The van der Waals surface area contributed by atoms with Crippen LogP contribution in [-0.2, 0) is 16.1 Å². The Bertz CT molecular complexity index is 1130. The lowest BCUT2D eigenvalue weighted by atomic mass is 10.1. The zero-order chi connectivity index (χ0) is 20.5. The summed E-state index contributed by atoms with van der Waals surface area (Å²) in [5.41, 5.74) is 1.10. The monoisotopic (exact) mass is 415 g/mol. The number of amides is 1. The minimum atomic E-state index is -0.690. The van der Waals surface area contributed by atoms with Gasteiger partial charge in [-0.15, -0.1) is 0 Å². The fraction of sp³-hybridized carbons (Fsp3) is 0.286. The summed E-state index contributed by atoms with van der Waals surface area (Å²) in [6.07, 6.45) is 2.61. The average molecular weight is 416 g/mol. The molecular formula is C21H18ClNO6. The lowest BCUT2D eigenvalue weighted by Crippen LogP contribution is -2.41. The molecule has 2 aromatic heterocycles. The van der Waals surface area contributed by atoms with Crippen LogP contribution >= 0.6 is 11.6 Å². The minimum absolute atomic E-state index is 0.125. The van der Waals surface area contributed by atoms with Gasteiger partial charge in [0.2, 0.25) is 0 Å². The zero-order valence-corrected chi connectivity index (χ0v) is 16.4. The molecule has 3 aromatic rings. The summed E-state index contributed by atoms with van der Waals surface area (Å²) in [7, 11) is 0. The van der Waals surface area contributed by atoms with Crippen molar-refractivity contribution in [2.24, 2.45) is 0 Å². The zero-order valence-electron chi connectivity index (χ0n) is 15.6. The van der Waals surface area contributed by atoms with E-state index in [2.05, 4.69) is 0 Å². The van der Waals surface area contributed by atoms with Crippen molar-refractivity contribution in [3.63, 3.8) is 0 Å². The number of benzene rings is 1. The molecule has 29 heavy (non-hydrogen) atoms. The third kappa shape index (κ3) is 3.78. The van der Waals surface area contributed by atoms with E-state index in [0.717, 1.165) is 5.56 Å². The van der Waals surface area contributed by atoms with Crippen molar-refractivity contribution in [3.8, 4) is 0 Å². The second-order valence-corrected chi connectivity index (χ2v) is 7.34. The lowest BCUT2D eigenvalue weighted by molar-refractivity contribution is -0.149. The number of ether oxygens (including phenoxy) is 1. The summed E-state index contributed by atoms with van der Waals surface area (Å²) in [4.78, 5) is 38.5. The molecule has 1 aromatic carbocycles. The third-order valence-corrected chi connectivity index (χ3v) is 5.40. The van der Waals surface area contributed by atoms with Gasteiger partial charge in [0, 0.05) is 28.6 Å². The fourth-order valence-corrected chi connectivity index (χ4v) is 3.67. The second kappa shape index (κ2) is 7.75. The second-order valence-electron chi connectivity index (χ2n) is 6.93. The molecule has 0 radical (unpaired) electrons.